The van der Waals surface area contributed by atoms with Crippen LogP contribution in [0.3, 0.4) is 0 Å². The summed E-state index contributed by atoms with van der Waals surface area (Å²) < 4.78 is 6.21. The lowest BCUT2D eigenvalue weighted by atomic mass is 10.2. The number of ether oxygens (including phenoxy) is 1. The van der Waals surface area contributed by atoms with Crippen molar-refractivity contribution in [3.05, 3.63) is 86.8 Å². The van der Waals surface area contributed by atoms with Crippen LogP contribution in [-0.4, -0.2) is 20.8 Å². The van der Waals surface area contributed by atoms with Gasteiger partial charge in [0.2, 0.25) is 0 Å². The minimum Gasteiger partial charge on any atom is -0.444 e. The van der Waals surface area contributed by atoms with Crippen molar-refractivity contribution in [3.63, 3.8) is 0 Å². The third-order valence-electron chi connectivity index (χ3n) is 3.54. The molecule has 9 nitrogen and oxygen atoms in total. The summed E-state index contributed by atoms with van der Waals surface area (Å²) in [6.07, 6.45) is 0.550. The Labute approximate surface area is 147 Å². The Balaban J connectivity index is 1.67. The van der Waals surface area contributed by atoms with Crippen molar-refractivity contribution in [1.82, 2.24) is 9.78 Å². The van der Waals surface area contributed by atoms with Crippen LogP contribution in [-0.2, 0) is 11.3 Å². The van der Waals surface area contributed by atoms with Gasteiger partial charge < -0.3 is 4.74 Å². The molecule has 132 valence electrons. The Kier molecular flexibility index (Phi) is 4.79. The number of hydrogen-bond donors (Lipinski definition) is 2. The van der Waals surface area contributed by atoms with Crippen LogP contribution in [0.1, 0.15) is 5.56 Å². The third kappa shape index (κ3) is 3.78. The minimum absolute atomic E-state index is 0.00131. The number of rotatable bonds is 5. The van der Waals surface area contributed by atoms with Crippen molar-refractivity contribution < 1.29 is 14.5 Å². The zero-order valence-electron chi connectivity index (χ0n) is 13.4. The minimum atomic E-state index is -0.763. The lowest BCUT2D eigenvalue weighted by molar-refractivity contribution is -0.384. The fourth-order valence-corrected chi connectivity index (χ4v) is 2.24. The van der Waals surface area contributed by atoms with E-state index < -0.39 is 16.6 Å². The fraction of sp³-hybridized carbons (Fsp3) is 0.0588. The number of aromatic nitrogens is 2. The molecule has 0 bridgehead atoms. The maximum absolute atomic E-state index is 12.3. The second-order valence-corrected chi connectivity index (χ2v) is 5.29. The second kappa shape index (κ2) is 7.34. The maximum Gasteiger partial charge on any atom is 0.412 e. The number of nitro benzene ring substituents is 1. The van der Waals surface area contributed by atoms with E-state index in [9.17, 15) is 19.7 Å². The van der Waals surface area contributed by atoms with Gasteiger partial charge in [0.05, 0.1) is 10.6 Å². The van der Waals surface area contributed by atoms with Crippen molar-refractivity contribution in [3.8, 4) is 5.69 Å². The van der Waals surface area contributed by atoms with Crippen LogP contribution in [0, 0.1) is 10.1 Å². The summed E-state index contributed by atoms with van der Waals surface area (Å²) in [5.41, 5.74) is 0.611. The molecule has 0 aliphatic carbocycles. The Morgan fingerprint density at radius 1 is 1.15 bits per heavy atom. The largest absolute Gasteiger partial charge is 0.444 e. The van der Waals surface area contributed by atoms with Crippen LogP contribution in [0.15, 0.2) is 65.6 Å². The molecule has 0 atom stereocenters. The maximum atomic E-state index is 12.3. The topological polar surface area (TPSA) is 119 Å². The first-order valence-corrected chi connectivity index (χ1v) is 7.57. The predicted molar refractivity (Wildman–Crippen MR) is 93.3 cm³/mol. The summed E-state index contributed by atoms with van der Waals surface area (Å²) in [6.45, 7) is 0.0770. The van der Waals surface area contributed by atoms with Gasteiger partial charge in [0.15, 0.2) is 0 Å². The van der Waals surface area contributed by atoms with E-state index in [1.165, 1.54) is 30.5 Å². The highest BCUT2D eigenvalue weighted by Gasteiger charge is 2.13. The van der Waals surface area contributed by atoms with Gasteiger partial charge in [0, 0.05) is 18.3 Å². The number of benzene rings is 2. The summed E-state index contributed by atoms with van der Waals surface area (Å²) in [7, 11) is 0. The highest BCUT2D eigenvalue weighted by Crippen LogP contribution is 2.14. The number of nitrogens with one attached hydrogen (secondary N) is 2. The van der Waals surface area contributed by atoms with E-state index in [4.69, 9.17) is 4.74 Å². The van der Waals surface area contributed by atoms with Crippen LogP contribution in [0.2, 0.25) is 0 Å². The molecule has 0 spiro atoms. The number of H-pyrrole nitrogens is 1. The number of anilines is 1. The van der Waals surface area contributed by atoms with E-state index in [1.807, 2.05) is 30.3 Å². The number of hydrogen-bond acceptors (Lipinski definition) is 5. The van der Waals surface area contributed by atoms with Crippen LogP contribution >= 0.6 is 0 Å². The Morgan fingerprint density at radius 2 is 1.85 bits per heavy atom. The molecule has 2 N–H and O–H groups in total. The Hall–Kier alpha value is -3.88. The molecule has 0 fully saturated rings. The van der Waals surface area contributed by atoms with Gasteiger partial charge in [-0.25, -0.2) is 9.48 Å². The molecule has 0 unspecified atom stereocenters. The molecular weight excluding hydrogens is 340 g/mol. The molecule has 9 heteroatoms. The first kappa shape index (κ1) is 17.0. The van der Waals surface area contributed by atoms with Crippen molar-refractivity contribution >= 4 is 17.5 Å². The molecule has 1 amide bonds. The third-order valence-corrected chi connectivity index (χ3v) is 3.54. The summed E-state index contributed by atoms with van der Waals surface area (Å²) >= 11 is 0. The highest BCUT2D eigenvalue weighted by molar-refractivity contribution is 5.84. The summed E-state index contributed by atoms with van der Waals surface area (Å²) in [5.74, 6) is 0. The van der Waals surface area contributed by atoms with Gasteiger partial charge in [-0.1, -0.05) is 30.3 Å². The van der Waals surface area contributed by atoms with Gasteiger partial charge in [0.1, 0.15) is 12.3 Å². The highest BCUT2D eigenvalue weighted by atomic mass is 16.6. The standard InChI is InChI=1S/C17H14N4O5/c22-16-15(19-17(23)26-11-12-4-2-1-3-5-12)10-18-20(16)13-6-8-14(9-7-13)21(24)25/h1-10,18H,11H2,(H,19,23). The lowest BCUT2D eigenvalue weighted by Gasteiger charge is -2.05. The van der Waals surface area contributed by atoms with Crippen LogP contribution < -0.4 is 10.9 Å². The number of nitro groups is 1. The van der Waals surface area contributed by atoms with Crippen molar-refractivity contribution in [2.45, 2.75) is 6.61 Å². The van der Waals surface area contributed by atoms with E-state index in [2.05, 4.69) is 10.4 Å². The van der Waals surface area contributed by atoms with E-state index in [1.54, 1.807) is 0 Å². The molecule has 1 aromatic heterocycles. The summed E-state index contributed by atoms with van der Waals surface area (Å²) in [4.78, 5) is 34.3. The van der Waals surface area contributed by atoms with E-state index in [-0.39, 0.29) is 18.0 Å². The molecule has 1 heterocycles. The molecule has 26 heavy (non-hydrogen) atoms. The van der Waals surface area contributed by atoms with Crippen LogP contribution in [0.4, 0.5) is 16.2 Å². The first-order chi connectivity index (χ1) is 12.5. The summed E-state index contributed by atoms with van der Waals surface area (Å²) in [5, 5.41) is 15.7. The second-order valence-electron chi connectivity index (χ2n) is 5.29. The lowest BCUT2D eigenvalue weighted by Crippen LogP contribution is -2.21. The normalized spacial score (nSPS) is 10.3. The summed E-state index contributed by atoms with van der Waals surface area (Å²) in [6, 6.07) is 14.5. The first-order valence-electron chi connectivity index (χ1n) is 7.57. The van der Waals surface area contributed by atoms with E-state index in [0.717, 1.165) is 10.2 Å². The number of aromatic amines is 1. The smallest absolute Gasteiger partial charge is 0.412 e. The van der Waals surface area contributed by atoms with Crippen LogP contribution in [0.25, 0.3) is 5.69 Å². The van der Waals surface area contributed by atoms with Crippen molar-refractivity contribution in [1.29, 1.82) is 0 Å². The zero-order valence-corrected chi connectivity index (χ0v) is 13.4. The average Bonchev–Trinajstić information content (AvgIpc) is 3.01. The number of carbonyl (C=O) groups excluding carboxylic acids is 1. The fourth-order valence-electron chi connectivity index (χ4n) is 2.24. The number of amides is 1. The predicted octanol–water partition coefficient (Wildman–Crippen LogP) is 2.82. The molecular formula is C17H14N4O5. The molecule has 0 radical (unpaired) electrons. The van der Waals surface area contributed by atoms with Gasteiger partial charge in [-0.05, 0) is 17.7 Å². The SMILES string of the molecule is O=C(Nc1c[nH]n(-c2ccc([N+](=O)[O-])cc2)c1=O)OCc1ccccc1. The molecule has 3 rings (SSSR count). The van der Waals surface area contributed by atoms with Gasteiger partial charge in [-0.3, -0.25) is 25.3 Å². The van der Waals surface area contributed by atoms with Gasteiger partial charge in [0.25, 0.3) is 11.2 Å². The molecule has 0 saturated carbocycles. The van der Waals surface area contributed by atoms with Crippen LogP contribution in [0.5, 0.6) is 0 Å². The van der Waals surface area contributed by atoms with Crippen molar-refractivity contribution in [2.75, 3.05) is 5.32 Å². The Morgan fingerprint density at radius 3 is 2.50 bits per heavy atom. The Bertz CT molecular complexity index is 976. The number of carbonyl (C=O) groups is 1. The van der Waals surface area contributed by atoms with E-state index in [0.29, 0.717) is 5.69 Å². The molecule has 0 aliphatic heterocycles. The molecule has 0 saturated heterocycles. The number of nitrogens with zero attached hydrogens (tertiary/aromatic N) is 2. The molecule has 3 aromatic rings. The van der Waals surface area contributed by atoms with Crippen molar-refractivity contribution in [2.24, 2.45) is 0 Å². The molecule has 0 aliphatic rings. The van der Waals surface area contributed by atoms with Gasteiger partial charge in [-0.2, -0.15) is 0 Å². The quantitative estimate of drug-likeness (QED) is 0.539. The number of non-ortho nitro benzene ring substituents is 1. The monoisotopic (exact) mass is 354 g/mol. The zero-order chi connectivity index (χ0) is 18.5. The average molecular weight is 354 g/mol. The van der Waals surface area contributed by atoms with E-state index >= 15 is 0 Å². The molecule has 2 aromatic carbocycles. The van der Waals surface area contributed by atoms with Gasteiger partial charge in [-0.15, -0.1) is 0 Å². The van der Waals surface area contributed by atoms with Gasteiger partial charge >= 0.3 is 6.09 Å².